The van der Waals surface area contributed by atoms with Crippen molar-refractivity contribution >= 4 is 33.1 Å². The average molecular weight is 413 g/mol. The van der Waals surface area contributed by atoms with Gasteiger partial charge in [0.2, 0.25) is 0 Å². The van der Waals surface area contributed by atoms with E-state index in [-0.39, 0.29) is 18.0 Å². The molecular formula is C21H23N3O4S. The summed E-state index contributed by atoms with van der Waals surface area (Å²) >= 11 is 1.27. The number of aromatic nitrogens is 1. The number of hydrogen-bond donors (Lipinski definition) is 0. The molecule has 0 unspecified atom stereocenters. The molecule has 8 heteroatoms. The van der Waals surface area contributed by atoms with Gasteiger partial charge in [0.25, 0.3) is 11.6 Å². The monoisotopic (exact) mass is 413 g/mol. The summed E-state index contributed by atoms with van der Waals surface area (Å²) in [6, 6.07) is 12.6. The van der Waals surface area contributed by atoms with Crippen molar-refractivity contribution in [2.75, 3.05) is 13.2 Å². The third kappa shape index (κ3) is 5.16. The lowest BCUT2D eigenvalue weighted by Crippen LogP contribution is -2.20. The number of carbonyl (C=O) groups excluding carboxylic acids is 1. The van der Waals surface area contributed by atoms with E-state index in [0.29, 0.717) is 24.6 Å². The third-order valence-electron chi connectivity index (χ3n) is 4.55. The van der Waals surface area contributed by atoms with Crippen molar-refractivity contribution in [3.05, 3.63) is 68.5 Å². The van der Waals surface area contributed by atoms with Crippen molar-refractivity contribution in [3.8, 4) is 0 Å². The molecule has 0 aliphatic heterocycles. The fourth-order valence-electron chi connectivity index (χ4n) is 2.99. The van der Waals surface area contributed by atoms with Crippen LogP contribution in [0.5, 0.6) is 0 Å². The summed E-state index contributed by atoms with van der Waals surface area (Å²) in [4.78, 5) is 28.0. The van der Waals surface area contributed by atoms with Gasteiger partial charge in [0.05, 0.1) is 28.2 Å². The van der Waals surface area contributed by atoms with E-state index in [0.717, 1.165) is 22.2 Å². The molecule has 152 valence electrons. The quantitative estimate of drug-likeness (QED) is 0.319. The normalized spacial score (nSPS) is 11.9. The molecular weight excluding hydrogens is 390 g/mol. The number of thiazole rings is 1. The van der Waals surface area contributed by atoms with Crippen LogP contribution in [0.2, 0.25) is 0 Å². The van der Waals surface area contributed by atoms with Crippen LogP contribution in [-0.4, -0.2) is 28.6 Å². The van der Waals surface area contributed by atoms with E-state index < -0.39 is 4.92 Å². The van der Waals surface area contributed by atoms with E-state index in [1.165, 1.54) is 29.0 Å². The van der Waals surface area contributed by atoms with Gasteiger partial charge in [-0.1, -0.05) is 42.5 Å². The van der Waals surface area contributed by atoms with Crippen LogP contribution in [0.1, 0.15) is 25.0 Å². The van der Waals surface area contributed by atoms with E-state index in [1.54, 1.807) is 6.07 Å². The zero-order valence-electron chi connectivity index (χ0n) is 16.5. The predicted molar refractivity (Wildman–Crippen MR) is 113 cm³/mol. The summed E-state index contributed by atoms with van der Waals surface area (Å²) in [5.74, 6) is -0.250. The lowest BCUT2D eigenvalue weighted by molar-refractivity contribution is -0.384. The van der Waals surface area contributed by atoms with Gasteiger partial charge >= 0.3 is 0 Å². The first-order valence-corrected chi connectivity index (χ1v) is 10.3. The fraction of sp³-hybridized carbons (Fsp3) is 0.333. The molecule has 3 aromatic rings. The van der Waals surface area contributed by atoms with Crippen molar-refractivity contribution in [1.82, 2.24) is 4.57 Å². The minimum absolute atomic E-state index is 0.0181. The lowest BCUT2D eigenvalue weighted by Gasteiger charge is -2.05. The Kier molecular flexibility index (Phi) is 6.90. The first-order chi connectivity index (χ1) is 14.0. The Morgan fingerprint density at radius 3 is 2.55 bits per heavy atom. The van der Waals surface area contributed by atoms with Gasteiger partial charge in [0.15, 0.2) is 4.80 Å². The second-order valence-electron chi connectivity index (χ2n) is 6.49. The number of benzene rings is 2. The van der Waals surface area contributed by atoms with Crippen molar-refractivity contribution in [2.24, 2.45) is 4.99 Å². The van der Waals surface area contributed by atoms with Gasteiger partial charge < -0.3 is 9.30 Å². The van der Waals surface area contributed by atoms with Crippen LogP contribution in [0.3, 0.4) is 0 Å². The Morgan fingerprint density at radius 1 is 1.17 bits per heavy atom. The molecule has 0 aliphatic rings. The largest absolute Gasteiger partial charge is 0.380 e. The van der Waals surface area contributed by atoms with E-state index in [1.807, 2.05) is 35.8 Å². The Morgan fingerprint density at radius 2 is 1.90 bits per heavy atom. The first-order valence-electron chi connectivity index (χ1n) is 9.52. The minimum Gasteiger partial charge on any atom is -0.380 e. The second-order valence-corrected chi connectivity index (χ2v) is 7.50. The molecule has 0 fully saturated rings. The number of fused-ring (bicyclic) bond motifs is 1. The van der Waals surface area contributed by atoms with Crippen LogP contribution in [0.4, 0.5) is 5.69 Å². The molecule has 2 aromatic carbocycles. The molecule has 29 heavy (non-hydrogen) atoms. The maximum absolute atomic E-state index is 12.6. The van der Waals surface area contributed by atoms with Crippen LogP contribution in [0, 0.1) is 10.1 Å². The van der Waals surface area contributed by atoms with Crippen LogP contribution in [-0.2, 0) is 28.9 Å². The summed E-state index contributed by atoms with van der Waals surface area (Å²) < 4.78 is 8.05. The predicted octanol–water partition coefficient (Wildman–Crippen LogP) is 3.88. The summed E-state index contributed by atoms with van der Waals surface area (Å²) in [5.41, 5.74) is 2.95. The number of nitro groups is 1. The Labute approximate surface area is 172 Å². The third-order valence-corrected chi connectivity index (χ3v) is 5.59. The van der Waals surface area contributed by atoms with Gasteiger partial charge in [0.1, 0.15) is 0 Å². The Balaban J connectivity index is 1.94. The topological polar surface area (TPSA) is 86.7 Å². The maximum Gasteiger partial charge on any atom is 0.270 e. The molecule has 0 N–H and O–H groups in total. The van der Waals surface area contributed by atoms with Crippen molar-refractivity contribution in [3.63, 3.8) is 0 Å². The van der Waals surface area contributed by atoms with Crippen LogP contribution >= 0.6 is 11.3 Å². The number of hydrogen-bond acceptors (Lipinski definition) is 5. The SMILES string of the molecule is CCOCCn1c(=NC(=O)Cc2ccc(CC)cc2)sc2cc([N+](=O)[O-])ccc21. The minimum atomic E-state index is -0.425. The van der Waals surface area contributed by atoms with Gasteiger partial charge in [-0.15, -0.1) is 0 Å². The smallest absolute Gasteiger partial charge is 0.270 e. The van der Waals surface area contributed by atoms with Crippen molar-refractivity contribution < 1.29 is 14.5 Å². The van der Waals surface area contributed by atoms with E-state index in [9.17, 15) is 14.9 Å². The molecule has 0 saturated heterocycles. The van der Waals surface area contributed by atoms with Gasteiger partial charge in [-0.3, -0.25) is 14.9 Å². The van der Waals surface area contributed by atoms with Gasteiger partial charge in [-0.2, -0.15) is 4.99 Å². The Hall–Kier alpha value is -2.84. The molecule has 0 bridgehead atoms. The number of nitro benzene ring substituents is 1. The number of aryl methyl sites for hydroxylation is 1. The molecule has 0 spiro atoms. The fourth-order valence-corrected chi connectivity index (χ4v) is 4.10. The zero-order valence-corrected chi connectivity index (χ0v) is 17.3. The van der Waals surface area contributed by atoms with E-state index in [2.05, 4.69) is 11.9 Å². The molecule has 1 aromatic heterocycles. The summed E-state index contributed by atoms with van der Waals surface area (Å²) in [6.45, 7) is 5.58. The van der Waals surface area contributed by atoms with Gasteiger partial charge in [-0.05, 0) is 30.5 Å². The van der Waals surface area contributed by atoms with Crippen LogP contribution < -0.4 is 4.80 Å². The molecule has 0 aliphatic carbocycles. The van der Waals surface area contributed by atoms with E-state index in [4.69, 9.17) is 4.74 Å². The van der Waals surface area contributed by atoms with Crippen LogP contribution in [0.15, 0.2) is 47.5 Å². The number of nitrogens with zero attached hydrogens (tertiary/aromatic N) is 3. The number of ether oxygens (including phenoxy) is 1. The number of rotatable bonds is 8. The van der Waals surface area contributed by atoms with E-state index >= 15 is 0 Å². The zero-order chi connectivity index (χ0) is 20.8. The number of carbonyl (C=O) groups is 1. The molecule has 0 saturated carbocycles. The highest BCUT2D eigenvalue weighted by molar-refractivity contribution is 7.16. The number of non-ortho nitro benzene ring substituents is 1. The molecule has 1 amide bonds. The number of amides is 1. The second kappa shape index (κ2) is 9.58. The highest BCUT2D eigenvalue weighted by atomic mass is 32.1. The summed E-state index contributed by atoms with van der Waals surface area (Å²) in [5, 5.41) is 11.1. The van der Waals surface area contributed by atoms with Crippen molar-refractivity contribution in [1.29, 1.82) is 0 Å². The van der Waals surface area contributed by atoms with Crippen LogP contribution in [0.25, 0.3) is 10.2 Å². The van der Waals surface area contributed by atoms with Gasteiger partial charge in [-0.25, -0.2) is 0 Å². The highest BCUT2D eigenvalue weighted by Gasteiger charge is 2.13. The van der Waals surface area contributed by atoms with Gasteiger partial charge in [0, 0.05) is 25.3 Å². The molecule has 0 atom stereocenters. The molecule has 1 heterocycles. The maximum atomic E-state index is 12.6. The average Bonchev–Trinajstić information content (AvgIpc) is 3.05. The standard InChI is InChI=1S/C21H23N3O4S/c1-3-15-5-7-16(8-6-15)13-20(25)22-21-23(11-12-28-4-2)18-10-9-17(24(26)27)14-19(18)29-21/h5-10,14H,3-4,11-13H2,1-2H3. The molecule has 7 nitrogen and oxygen atoms in total. The Bertz CT molecular complexity index is 1080. The first kappa shape index (κ1) is 20.9. The molecule has 0 radical (unpaired) electrons. The molecule has 3 rings (SSSR count). The highest BCUT2D eigenvalue weighted by Crippen LogP contribution is 2.23. The summed E-state index contributed by atoms with van der Waals surface area (Å²) in [6.07, 6.45) is 1.16. The lowest BCUT2D eigenvalue weighted by atomic mass is 10.1. The summed E-state index contributed by atoms with van der Waals surface area (Å²) in [7, 11) is 0. The van der Waals surface area contributed by atoms with Crippen molar-refractivity contribution in [2.45, 2.75) is 33.2 Å².